The predicted molar refractivity (Wildman–Crippen MR) is 68.3 cm³/mol. The van der Waals surface area contributed by atoms with Crippen LogP contribution in [-0.4, -0.2) is 43.2 Å². The lowest BCUT2D eigenvalue weighted by molar-refractivity contribution is -0.155. The Hall–Kier alpha value is -0.620. The maximum Gasteiger partial charge on any atom is 0.309 e. The van der Waals surface area contributed by atoms with Gasteiger partial charge in [-0.15, -0.1) is 0 Å². The van der Waals surface area contributed by atoms with Crippen LogP contribution in [0.4, 0.5) is 0 Å². The van der Waals surface area contributed by atoms with Crippen LogP contribution in [-0.2, 0) is 19.4 Å². The molecule has 18 heavy (non-hydrogen) atoms. The zero-order chi connectivity index (χ0) is 14.0. The number of hydrogen-bond donors (Lipinski definition) is 1. The first-order chi connectivity index (χ1) is 8.11. The maximum atomic E-state index is 12.0. The van der Waals surface area contributed by atoms with E-state index in [9.17, 15) is 18.3 Å². The highest BCUT2D eigenvalue weighted by atomic mass is 32.2. The first kappa shape index (κ1) is 15.4. The summed E-state index contributed by atoms with van der Waals surface area (Å²) in [5, 5.41) is 9.34. The standard InChI is InChI=1S/C12H22O5S/c1-11(2,3)18(15,16)9-6-12(10(13)14)4-7-17-8-5-12/h4-9H2,1-3H3,(H,13,14). The summed E-state index contributed by atoms with van der Waals surface area (Å²) in [5.74, 6) is -0.988. The van der Waals surface area contributed by atoms with Gasteiger partial charge in [0.2, 0.25) is 0 Å². The Balaban J connectivity index is 2.79. The molecule has 1 aliphatic heterocycles. The van der Waals surface area contributed by atoms with E-state index < -0.39 is 26.0 Å². The molecule has 0 saturated carbocycles. The van der Waals surface area contributed by atoms with E-state index in [-0.39, 0.29) is 12.2 Å². The first-order valence-corrected chi connectivity index (χ1v) is 7.79. The minimum Gasteiger partial charge on any atom is -0.481 e. The third-order valence-electron chi connectivity index (χ3n) is 3.69. The maximum absolute atomic E-state index is 12.0. The lowest BCUT2D eigenvalue weighted by atomic mass is 9.78. The average Bonchev–Trinajstić information content (AvgIpc) is 2.26. The second-order valence-electron chi connectivity index (χ2n) is 5.88. The van der Waals surface area contributed by atoms with Gasteiger partial charge in [0, 0.05) is 13.2 Å². The third kappa shape index (κ3) is 3.23. The Morgan fingerprint density at radius 1 is 1.28 bits per heavy atom. The Morgan fingerprint density at radius 2 is 1.78 bits per heavy atom. The molecule has 5 nitrogen and oxygen atoms in total. The second-order valence-corrected chi connectivity index (χ2v) is 8.74. The van der Waals surface area contributed by atoms with Crippen molar-refractivity contribution in [3.8, 4) is 0 Å². The molecule has 1 aliphatic rings. The summed E-state index contributed by atoms with van der Waals surface area (Å²) in [7, 11) is -3.27. The number of carboxylic acid groups (broad SMARTS) is 1. The molecule has 1 N–H and O–H groups in total. The molecule has 0 spiro atoms. The Bertz CT molecular complexity index is 399. The van der Waals surface area contributed by atoms with E-state index in [2.05, 4.69) is 0 Å². The lowest BCUT2D eigenvalue weighted by Gasteiger charge is -2.33. The summed E-state index contributed by atoms with van der Waals surface area (Å²) in [5.41, 5.74) is -0.934. The van der Waals surface area contributed by atoms with Crippen molar-refractivity contribution in [1.82, 2.24) is 0 Å². The minimum atomic E-state index is -3.27. The van der Waals surface area contributed by atoms with Gasteiger partial charge in [-0.25, -0.2) is 8.42 Å². The van der Waals surface area contributed by atoms with Crippen LogP contribution in [0.2, 0.25) is 0 Å². The molecule has 1 rings (SSSR count). The van der Waals surface area contributed by atoms with Crippen LogP contribution in [0.25, 0.3) is 0 Å². The fourth-order valence-corrected chi connectivity index (χ4v) is 3.24. The van der Waals surface area contributed by atoms with E-state index in [0.717, 1.165) is 0 Å². The molecule has 0 bridgehead atoms. The fourth-order valence-electron chi connectivity index (χ4n) is 1.97. The van der Waals surface area contributed by atoms with Gasteiger partial charge in [-0.2, -0.15) is 0 Å². The van der Waals surface area contributed by atoms with Crippen LogP contribution in [0.3, 0.4) is 0 Å². The number of rotatable bonds is 4. The van der Waals surface area contributed by atoms with Gasteiger partial charge in [-0.1, -0.05) is 0 Å². The largest absolute Gasteiger partial charge is 0.481 e. The monoisotopic (exact) mass is 278 g/mol. The molecular weight excluding hydrogens is 256 g/mol. The highest BCUT2D eigenvalue weighted by Gasteiger charge is 2.42. The van der Waals surface area contributed by atoms with Crippen LogP contribution in [0.1, 0.15) is 40.0 Å². The summed E-state index contributed by atoms with van der Waals surface area (Å²) in [6.45, 7) is 5.70. The van der Waals surface area contributed by atoms with Crippen LogP contribution >= 0.6 is 0 Å². The zero-order valence-corrected chi connectivity index (χ0v) is 12.0. The molecule has 0 unspecified atom stereocenters. The normalized spacial score (nSPS) is 20.6. The van der Waals surface area contributed by atoms with E-state index >= 15 is 0 Å². The molecule has 0 amide bonds. The molecule has 1 heterocycles. The van der Waals surface area contributed by atoms with Crippen molar-refractivity contribution >= 4 is 15.8 Å². The molecular formula is C12H22O5S. The molecule has 1 saturated heterocycles. The Morgan fingerprint density at radius 3 is 2.17 bits per heavy atom. The number of carboxylic acids is 1. The van der Waals surface area contributed by atoms with Crippen molar-refractivity contribution in [1.29, 1.82) is 0 Å². The SMILES string of the molecule is CC(C)(C)S(=O)(=O)CCC1(C(=O)O)CCOCC1. The van der Waals surface area contributed by atoms with Gasteiger partial charge in [0.15, 0.2) is 9.84 Å². The van der Waals surface area contributed by atoms with Crippen LogP contribution in [0.15, 0.2) is 0 Å². The molecule has 6 heteroatoms. The van der Waals surface area contributed by atoms with Crippen molar-refractivity contribution in [3.05, 3.63) is 0 Å². The van der Waals surface area contributed by atoms with Gasteiger partial charge >= 0.3 is 5.97 Å². The molecule has 1 fully saturated rings. The smallest absolute Gasteiger partial charge is 0.309 e. The zero-order valence-electron chi connectivity index (χ0n) is 11.2. The average molecular weight is 278 g/mol. The molecule has 0 radical (unpaired) electrons. The van der Waals surface area contributed by atoms with Crippen molar-refractivity contribution in [3.63, 3.8) is 0 Å². The van der Waals surface area contributed by atoms with Gasteiger partial charge in [0.25, 0.3) is 0 Å². The molecule has 106 valence electrons. The van der Waals surface area contributed by atoms with Gasteiger partial charge in [0.05, 0.1) is 15.9 Å². The fraction of sp³-hybridized carbons (Fsp3) is 0.917. The van der Waals surface area contributed by atoms with Crippen molar-refractivity contribution in [2.24, 2.45) is 5.41 Å². The van der Waals surface area contributed by atoms with Crippen LogP contribution in [0.5, 0.6) is 0 Å². The summed E-state index contributed by atoms with van der Waals surface area (Å²) in [6, 6.07) is 0. The highest BCUT2D eigenvalue weighted by Crippen LogP contribution is 2.36. The number of carbonyl (C=O) groups is 1. The number of aliphatic carboxylic acids is 1. The Kier molecular flexibility index (Phi) is 4.43. The third-order valence-corrected chi connectivity index (χ3v) is 6.29. The number of hydrogen-bond acceptors (Lipinski definition) is 4. The summed E-state index contributed by atoms with van der Waals surface area (Å²) in [4.78, 5) is 11.4. The first-order valence-electron chi connectivity index (χ1n) is 6.14. The van der Waals surface area contributed by atoms with Gasteiger partial charge in [0.1, 0.15) is 0 Å². The molecule has 0 aliphatic carbocycles. The van der Waals surface area contributed by atoms with Gasteiger partial charge < -0.3 is 9.84 Å². The van der Waals surface area contributed by atoms with E-state index in [1.807, 2.05) is 0 Å². The van der Waals surface area contributed by atoms with E-state index in [1.165, 1.54) is 0 Å². The van der Waals surface area contributed by atoms with Gasteiger partial charge in [-0.05, 0) is 40.0 Å². The topological polar surface area (TPSA) is 80.7 Å². The molecule has 0 aromatic heterocycles. The van der Waals surface area contributed by atoms with Gasteiger partial charge in [-0.3, -0.25) is 4.79 Å². The predicted octanol–water partition coefficient (Wildman–Crippen LogP) is 1.47. The lowest BCUT2D eigenvalue weighted by Crippen LogP contribution is -2.40. The van der Waals surface area contributed by atoms with Crippen molar-refractivity contribution in [2.75, 3.05) is 19.0 Å². The highest BCUT2D eigenvalue weighted by molar-refractivity contribution is 7.92. The second kappa shape index (κ2) is 5.17. The molecule has 0 atom stereocenters. The van der Waals surface area contributed by atoms with E-state index in [0.29, 0.717) is 26.1 Å². The Labute approximate surface area is 108 Å². The summed E-state index contributed by atoms with van der Waals surface area (Å²) in [6.07, 6.45) is 0.954. The van der Waals surface area contributed by atoms with Crippen LogP contribution < -0.4 is 0 Å². The van der Waals surface area contributed by atoms with Crippen molar-refractivity contribution < 1.29 is 23.1 Å². The molecule has 0 aromatic rings. The van der Waals surface area contributed by atoms with Crippen LogP contribution in [0, 0.1) is 5.41 Å². The quantitative estimate of drug-likeness (QED) is 0.842. The minimum absolute atomic E-state index is 0.0806. The number of ether oxygens (including phenoxy) is 1. The van der Waals surface area contributed by atoms with E-state index in [4.69, 9.17) is 4.74 Å². The summed E-state index contributed by atoms with van der Waals surface area (Å²) < 4.78 is 28.4. The summed E-state index contributed by atoms with van der Waals surface area (Å²) >= 11 is 0. The molecule has 0 aromatic carbocycles. The number of sulfone groups is 1. The van der Waals surface area contributed by atoms with E-state index in [1.54, 1.807) is 20.8 Å². The van der Waals surface area contributed by atoms with Crippen molar-refractivity contribution in [2.45, 2.75) is 44.8 Å².